The SMILES string of the molecule is CCCC(C)(CC)NCCCN1CCCC1. The van der Waals surface area contributed by atoms with Crippen LogP contribution in [0, 0.1) is 0 Å². The Labute approximate surface area is 102 Å². The molecule has 0 aromatic heterocycles. The van der Waals surface area contributed by atoms with Gasteiger partial charge in [-0.2, -0.15) is 0 Å². The Morgan fingerprint density at radius 2 is 1.88 bits per heavy atom. The smallest absolute Gasteiger partial charge is 0.0150 e. The molecule has 1 rings (SSSR count). The van der Waals surface area contributed by atoms with Gasteiger partial charge < -0.3 is 10.2 Å². The van der Waals surface area contributed by atoms with Crippen molar-refractivity contribution in [1.29, 1.82) is 0 Å². The minimum atomic E-state index is 0.375. The highest BCUT2D eigenvalue weighted by molar-refractivity contribution is 4.80. The van der Waals surface area contributed by atoms with E-state index in [4.69, 9.17) is 0 Å². The first kappa shape index (κ1) is 14.0. The Morgan fingerprint density at radius 1 is 1.19 bits per heavy atom. The van der Waals surface area contributed by atoms with E-state index < -0.39 is 0 Å². The Kier molecular flexibility index (Phi) is 6.37. The van der Waals surface area contributed by atoms with Crippen molar-refractivity contribution in [2.75, 3.05) is 26.2 Å². The second-order valence-electron chi connectivity index (χ2n) is 5.49. The van der Waals surface area contributed by atoms with Crippen LogP contribution in [-0.4, -0.2) is 36.6 Å². The lowest BCUT2D eigenvalue weighted by Crippen LogP contribution is -2.42. The summed E-state index contributed by atoms with van der Waals surface area (Å²) in [5.74, 6) is 0. The number of nitrogens with one attached hydrogen (secondary N) is 1. The summed E-state index contributed by atoms with van der Waals surface area (Å²) in [6.07, 6.45) is 7.95. The zero-order valence-corrected chi connectivity index (χ0v) is 11.5. The van der Waals surface area contributed by atoms with Gasteiger partial charge in [-0.05, 0) is 65.2 Å². The monoisotopic (exact) mass is 226 g/mol. The van der Waals surface area contributed by atoms with Gasteiger partial charge in [-0.15, -0.1) is 0 Å². The summed E-state index contributed by atoms with van der Waals surface area (Å²) in [6.45, 7) is 12.1. The lowest BCUT2D eigenvalue weighted by atomic mass is 9.93. The van der Waals surface area contributed by atoms with Crippen LogP contribution in [0.25, 0.3) is 0 Å². The van der Waals surface area contributed by atoms with Gasteiger partial charge in [0.15, 0.2) is 0 Å². The largest absolute Gasteiger partial charge is 0.311 e. The maximum Gasteiger partial charge on any atom is 0.0150 e. The third kappa shape index (κ3) is 4.84. The zero-order chi connectivity index (χ0) is 11.9. The van der Waals surface area contributed by atoms with Gasteiger partial charge in [0.2, 0.25) is 0 Å². The van der Waals surface area contributed by atoms with Crippen molar-refractivity contribution < 1.29 is 0 Å². The summed E-state index contributed by atoms with van der Waals surface area (Å²) in [6, 6.07) is 0. The van der Waals surface area contributed by atoms with Gasteiger partial charge in [0.25, 0.3) is 0 Å². The third-order valence-corrected chi connectivity index (χ3v) is 3.98. The second kappa shape index (κ2) is 7.29. The molecule has 0 aliphatic carbocycles. The zero-order valence-electron chi connectivity index (χ0n) is 11.5. The fraction of sp³-hybridized carbons (Fsp3) is 1.00. The highest BCUT2D eigenvalue weighted by atomic mass is 15.1. The first-order valence-electron chi connectivity index (χ1n) is 7.17. The number of hydrogen-bond acceptors (Lipinski definition) is 2. The van der Waals surface area contributed by atoms with Crippen molar-refractivity contribution in [3.63, 3.8) is 0 Å². The highest BCUT2D eigenvalue weighted by Gasteiger charge is 2.19. The van der Waals surface area contributed by atoms with E-state index in [1.54, 1.807) is 0 Å². The molecule has 1 unspecified atom stereocenters. The molecule has 1 fully saturated rings. The van der Waals surface area contributed by atoms with Gasteiger partial charge in [-0.3, -0.25) is 0 Å². The van der Waals surface area contributed by atoms with Gasteiger partial charge in [0, 0.05) is 5.54 Å². The van der Waals surface area contributed by atoms with Crippen molar-refractivity contribution in [3.8, 4) is 0 Å². The molecular weight excluding hydrogens is 196 g/mol. The molecule has 1 heterocycles. The van der Waals surface area contributed by atoms with E-state index in [1.165, 1.54) is 64.7 Å². The summed E-state index contributed by atoms with van der Waals surface area (Å²) in [7, 11) is 0. The molecule has 1 aliphatic rings. The number of likely N-dealkylation sites (tertiary alicyclic amines) is 1. The van der Waals surface area contributed by atoms with Crippen LogP contribution < -0.4 is 5.32 Å². The number of rotatable bonds is 8. The molecule has 1 atom stereocenters. The average Bonchev–Trinajstić information content (AvgIpc) is 2.78. The summed E-state index contributed by atoms with van der Waals surface area (Å²) in [5, 5.41) is 3.74. The minimum Gasteiger partial charge on any atom is -0.311 e. The van der Waals surface area contributed by atoms with Crippen molar-refractivity contribution in [1.82, 2.24) is 10.2 Å². The fourth-order valence-electron chi connectivity index (χ4n) is 2.64. The molecule has 0 bridgehead atoms. The van der Waals surface area contributed by atoms with Crippen LogP contribution in [0.3, 0.4) is 0 Å². The second-order valence-corrected chi connectivity index (χ2v) is 5.49. The molecule has 96 valence electrons. The lowest BCUT2D eigenvalue weighted by Gasteiger charge is -2.30. The Morgan fingerprint density at radius 3 is 2.44 bits per heavy atom. The lowest BCUT2D eigenvalue weighted by molar-refractivity contribution is 0.289. The van der Waals surface area contributed by atoms with E-state index in [2.05, 4.69) is 31.0 Å². The van der Waals surface area contributed by atoms with Crippen molar-refractivity contribution in [3.05, 3.63) is 0 Å². The van der Waals surface area contributed by atoms with Gasteiger partial charge in [0.05, 0.1) is 0 Å². The van der Waals surface area contributed by atoms with E-state index in [0.717, 1.165) is 0 Å². The van der Waals surface area contributed by atoms with Gasteiger partial charge in [-0.1, -0.05) is 20.3 Å². The molecule has 0 spiro atoms. The Bertz CT molecular complexity index is 176. The molecule has 1 aliphatic heterocycles. The topological polar surface area (TPSA) is 15.3 Å². The average molecular weight is 226 g/mol. The van der Waals surface area contributed by atoms with Crippen LogP contribution in [0.2, 0.25) is 0 Å². The van der Waals surface area contributed by atoms with Crippen molar-refractivity contribution in [2.45, 2.75) is 64.8 Å². The van der Waals surface area contributed by atoms with Crippen LogP contribution in [0.4, 0.5) is 0 Å². The summed E-state index contributed by atoms with van der Waals surface area (Å²) in [5.41, 5.74) is 0.375. The first-order valence-corrected chi connectivity index (χ1v) is 7.17. The number of nitrogens with zero attached hydrogens (tertiary/aromatic N) is 1. The van der Waals surface area contributed by atoms with Gasteiger partial charge in [-0.25, -0.2) is 0 Å². The maximum atomic E-state index is 3.74. The third-order valence-electron chi connectivity index (χ3n) is 3.98. The summed E-state index contributed by atoms with van der Waals surface area (Å²) < 4.78 is 0. The maximum absolute atomic E-state index is 3.74. The number of hydrogen-bond donors (Lipinski definition) is 1. The molecule has 0 aromatic rings. The Balaban J connectivity index is 2.08. The normalized spacial score (nSPS) is 21.2. The van der Waals surface area contributed by atoms with E-state index >= 15 is 0 Å². The quantitative estimate of drug-likeness (QED) is 0.640. The van der Waals surface area contributed by atoms with Crippen LogP contribution in [-0.2, 0) is 0 Å². The van der Waals surface area contributed by atoms with Crippen LogP contribution in [0.5, 0.6) is 0 Å². The summed E-state index contributed by atoms with van der Waals surface area (Å²) in [4.78, 5) is 2.60. The molecule has 1 N–H and O–H groups in total. The molecule has 0 radical (unpaired) electrons. The van der Waals surface area contributed by atoms with Gasteiger partial charge >= 0.3 is 0 Å². The van der Waals surface area contributed by atoms with E-state index in [0.29, 0.717) is 5.54 Å². The first-order chi connectivity index (χ1) is 7.70. The molecule has 1 saturated heterocycles. The minimum absolute atomic E-state index is 0.375. The highest BCUT2D eigenvalue weighted by Crippen LogP contribution is 2.16. The van der Waals surface area contributed by atoms with Crippen LogP contribution in [0.1, 0.15) is 59.3 Å². The standard InChI is InChI=1S/C14H30N2/c1-4-9-14(3,5-2)15-10-8-13-16-11-6-7-12-16/h15H,4-13H2,1-3H3. The fourth-order valence-corrected chi connectivity index (χ4v) is 2.64. The van der Waals surface area contributed by atoms with Crippen molar-refractivity contribution in [2.24, 2.45) is 0 Å². The molecule has 2 heteroatoms. The molecule has 0 amide bonds. The van der Waals surface area contributed by atoms with Gasteiger partial charge in [0.1, 0.15) is 0 Å². The molecule has 16 heavy (non-hydrogen) atoms. The molecular formula is C14H30N2. The van der Waals surface area contributed by atoms with Crippen LogP contribution in [0.15, 0.2) is 0 Å². The predicted molar refractivity (Wildman–Crippen MR) is 71.9 cm³/mol. The van der Waals surface area contributed by atoms with E-state index in [-0.39, 0.29) is 0 Å². The van der Waals surface area contributed by atoms with Crippen LogP contribution >= 0.6 is 0 Å². The summed E-state index contributed by atoms with van der Waals surface area (Å²) >= 11 is 0. The predicted octanol–water partition coefficient (Wildman–Crippen LogP) is 3.03. The Hall–Kier alpha value is -0.0800. The molecule has 0 aromatic carbocycles. The van der Waals surface area contributed by atoms with Crippen molar-refractivity contribution >= 4 is 0 Å². The van der Waals surface area contributed by atoms with E-state index in [1.807, 2.05) is 0 Å². The molecule has 0 saturated carbocycles. The molecule has 2 nitrogen and oxygen atoms in total. The van der Waals surface area contributed by atoms with E-state index in [9.17, 15) is 0 Å².